The number of hydrogen-bond acceptors (Lipinski definition) is 4. The van der Waals surface area contributed by atoms with Crippen molar-refractivity contribution in [2.75, 3.05) is 33.7 Å². The molecule has 0 amide bonds. The summed E-state index contributed by atoms with van der Waals surface area (Å²) in [6.07, 6.45) is 3.70. The van der Waals surface area contributed by atoms with Crippen molar-refractivity contribution in [2.24, 2.45) is 0 Å². The number of nitrogens with one attached hydrogen (secondary N) is 1. The summed E-state index contributed by atoms with van der Waals surface area (Å²) < 4.78 is 0. The molecule has 1 unspecified atom stereocenters. The SMILES string of the molecule is CCC(CNC)c1csc(C2CCN(C)CC2)n1. The maximum atomic E-state index is 4.91. The second-order valence-corrected chi connectivity index (χ2v) is 6.24. The van der Waals surface area contributed by atoms with Crippen LogP contribution in [0, 0.1) is 0 Å². The number of likely N-dealkylation sites (tertiary alicyclic amines) is 1. The number of hydrogen-bond donors (Lipinski definition) is 1. The van der Waals surface area contributed by atoms with Crippen LogP contribution in [0.1, 0.15) is 48.7 Å². The molecule has 1 fully saturated rings. The van der Waals surface area contributed by atoms with Gasteiger partial charge in [-0.25, -0.2) is 4.98 Å². The van der Waals surface area contributed by atoms with E-state index in [2.05, 4.69) is 29.6 Å². The van der Waals surface area contributed by atoms with Gasteiger partial charge >= 0.3 is 0 Å². The lowest BCUT2D eigenvalue weighted by Gasteiger charge is -2.27. The topological polar surface area (TPSA) is 28.2 Å². The minimum Gasteiger partial charge on any atom is -0.319 e. The van der Waals surface area contributed by atoms with E-state index < -0.39 is 0 Å². The minimum atomic E-state index is 0.575. The molecule has 0 radical (unpaired) electrons. The van der Waals surface area contributed by atoms with Gasteiger partial charge in [-0.05, 0) is 46.4 Å². The number of likely N-dealkylation sites (N-methyl/N-ethyl adjacent to an activating group) is 1. The van der Waals surface area contributed by atoms with Gasteiger partial charge in [0.1, 0.15) is 0 Å². The molecule has 2 rings (SSSR count). The highest BCUT2D eigenvalue weighted by atomic mass is 32.1. The average molecular weight is 267 g/mol. The Bertz CT molecular complexity index is 356. The van der Waals surface area contributed by atoms with Crippen molar-refractivity contribution >= 4 is 11.3 Å². The zero-order valence-electron chi connectivity index (χ0n) is 11.8. The van der Waals surface area contributed by atoms with Crippen LogP contribution in [-0.4, -0.2) is 43.6 Å². The van der Waals surface area contributed by atoms with Crippen molar-refractivity contribution in [3.05, 3.63) is 16.1 Å². The molecule has 2 heterocycles. The summed E-state index contributed by atoms with van der Waals surface area (Å²) in [6.45, 7) is 5.71. The molecule has 18 heavy (non-hydrogen) atoms. The molecule has 1 aliphatic heterocycles. The van der Waals surface area contributed by atoms with Gasteiger partial charge in [-0.15, -0.1) is 11.3 Å². The molecule has 3 nitrogen and oxygen atoms in total. The lowest BCUT2D eigenvalue weighted by atomic mass is 9.97. The van der Waals surface area contributed by atoms with Crippen LogP contribution in [0.15, 0.2) is 5.38 Å². The van der Waals surface area contributed by atoms with Crippen LogP contribution < -0.4 is 5.32 Å². The van der Waals surface area contributed by atoms with Crippen LogP contribution in [0.2, 0.25) is 0 Å². The van der Waals surface area contributed by atoms with Gasteiger partial charge in [0, 0.05) is 23.8 Å². The van der Waals surface area contributed by atoms with Crippen LogP contribution >= 0.6 is 11.3 Å². The van der Waals surface area contributed by atoms with E-state index in [0.717, 1.165) is 13.0 Å². The Labute approximate surface area is 115 Å². The number of piperidine rings is 1. The van der Waals surface area contributed by atoms with Crippen molar-refractivity contribution in [3.8, 4) is 0 Å². The first-order chi connectivity index (χ1) is 8.74. The molecule has 4 heteroatoms. The van der Waals surface area contributed by atoms with Crippen LogP contribution in [-0.2, 0) is 0 Å². The van der Waals surface area contributed by atoms with Gasteiger partial charge in [-0.2, -0.15) is 0 Å². The molecule has 0 aromatic carbocycles. The number of thiazole rings is 1. The van der Waals surface area contributed by atoms with E-state index in [9.17, 15) is 0 Å². The second-order valence-electron chi connectivity index (χ2n) is 5.35. The van der Waals surface area contributed by atoms with E-state index in [4.69, 9.17) is 4.98 Å². The zero-order chi connectivity index (χ0) is 13.0. The fourth-order valence-electron chi connectivity index (χ4n) is 2.64. The summed E-state index contributed by atoms with van der Waals surface area (Å²) in [6, 6.07) is 0. The quantitative estimate of drug-likeness (QED) is 0.889. The molecule has 0 aliphatic carbocycles. The van der Waals surface area contributed by atoms with Crippen LogP contribution in [0.5, 0.6) is 0 Å². The van der Waals surface area contributed by atoms with E-state index >= 15 is 0 Å². The molecule has 0 bridgehead atoms. The predicted molar refractivity (Wildman–Crippen MR) is 78.5 cm³/mol. The van der Waals surface area contributed by atoms with Gasteiger partial charge in [0.05, 0.1) is 10.7 Å². The summed E-state index contributed by atoms with van der Waals surface area (Å²) in [7, 11) is 4.23. The van der Waals surface area contributed by atoms with Crippen LogP contribution in [0.4, 0.5) is 0 Å². The zero-order valence-corrected chi connectivity index (χ0v) is 12.6. The largest absolute Gasteiger partial charge is 0.319 e. The van der Waals surface area contributed by atoms with E-state index in [1.807, 2.05) is 18.4 Å². The fraction of sp³-hybridized carbons (Fsp3) is 0.786. The normalized spacial score (nSPS) is 20.2. The van der Waals surface area contributed by atoms with Crippen molar-refractivity contribution < 1.29 is 0 Å². The van der Waals surface area contributed by atoms with Crippen LogP contribution in [0.25, 0.3) is 0 Å². The first kappa shape index (κ1) is 14.0. The van der Waals surface area contributed by atoms with Crippen LogP contribution in [0.3, 0.4) is 0 Å². The van der Waals surface area contributed by atoms with Crippen molar-refractivity contribution in [1.29, 1.82) is 0 Å². The standard InChI is InChI=1S/C14H25N3S/c1-4-11(9-15-2)13-10-18-14(16-13)12-5-7-17(3)8-6-12/h10-12,15H,4-9H2,1-3H3. The summed E-state index contributed by atoms with van der Waals surface area (Å²) in [4.78, 5) is 7.33. The molecule has 1 N–H and O–H groups in total. The monoisotopic (exact) mass is 267 g/mol. The molecular formula is C14H25N3S. The summed E-state index contributed by atoms with van der Waals surface area (Å²) in [5.41, 5.74) is 1.30. The predicted octanol–water partition coefficient (Wildman–Crippen LogP) is 2.67. The van der Waals surface area contributed by atoms with E-state index in [-0.39, 0.29) is 0 Å². The third kappa shape index (κ3) is 3.31. The first-order valence-electron chi connectivity index (χ1n) is 7.03. The third-order valence-electron chi connectivity index (χ3n) is 3.97. The smallest absolute Gasteiger partial charge is 0.0960 e. The highest BCUT2D eigenvalue weighted by Gasteiger charge is 2.22. The van der Waals surface area contributed by atoms with E-state index in [1.54, 1.807) is 0 Å². The Hall–Kier alpha value is -0.450. The van der Waals surface area contributed by atoms with Crippen molar-refractivity contribution in [3.63, 3.8) is 0 Å². The Morgan fingerprint density at radius 3 is 2.83 bits per heavy atom. The Morgan fingerprint density at radius 1 is 1.50 bits per heavy atom. The molecule has 1 aliphatic rings. The highest BCUT2D eigenvalue weighted by Crippen LogP contribution is 2.31. The molecule has 1 aromatic heterocycles. The lowest BCUT2D eigenvalue weighted by molar-refractivity contribution is 0.255. The first-order valence-corrected chi connectivity index (χ1v) is 7.91. The fourth-order valence-corrected chi connectivity index (χ4v) is 3.71. The molecule has 0 saturated carbocycles. The molecular weight excluding hydrogens is 242 g/mol. The maximum absolute atomic E-state index is 4.91. The van der Waals surface area contributed by atoms with Gasteiger partial charge in [0.25, 0.3) is 0 Å². The van der Waals surface area contributed by atoms with Gasteiger partial charge in [0.2, 0.25) is 0 Å². The molecule has 102 valence electrons. The average Bonchev–Trinajstić information content (AvgIpc) is 2.86. The van der Waals surface area contributed by atoms with E-state index in [1.165, 1.54) is 36.6 Å². The van der Waals surface area contributed by atoms with Gasteiger partial charge < -0.3 is 10.2 Å². The number of aromatic nitrogens is 1. The second kappa shape index (κ2) is 6.64. The molecule has 1 atom stereocenters. The summed E-state index contributed by atoms with van der Waals surface area (Å²) in [5, 5.41) is 6.91. The van der Waals surface area contributed by atoms with Gasteiger partial charge in [-0.1, -0.05) is 6.92 Å². The number of rotatable bonds is 5. The lowest BCUT2D eigenvalue weighted by Crippen LogP contribution is -2.29. The highest BCUT2D eigenvalue weighted by molar-refractivity contribution is 7.09. The summed E-state index contributed by atoms with van der Waals surface area (Å²) in [5.74, 6) is 1.28. The maximum Gasteiger partial charge on any atom is 0.0960 e. The van der Waals surface area contributed by atoms with Crippen molar-refractivity contribution in [1.82, 2.24) is 15.2 Å². The Kier molecular flexibility index (Phi) is 5.15. The Balaban J connectivity index is 2.00. The Morgan fingerprint density at radius 2 is 2.22 bits per heavy atom. The van der Waals surface area contributed by atoms with Crippen molar-refractivity contribution in [2.45, 2.75) is 38.0 Å². The number of nitrogens with zero attached hydrogens (tertiary/aromatic N) is 2. The van der Waals surface area contributed by atoms with Gasteiger partial charge in [-0.3, -0.25) is 0 Å². The van der Waals surface area contributed by atoms with E-state index in [0.29, 0.717) is 11.8 Å². The summed E-state index contributed by atoms with van der Waals surface area (Å²) >= 11 is 1.87. The molecule has 1 aromatic rings. The minimum absolute atomic E-state index is 0.575. The third-order valence-corrected chi connectivity index (χ3v) is 4.99. The molecule has 1 saturated heterocycles. The van der Waals surface area contributed by atoms with Gasteiger partial charge in [0.15, 0.2) is 0 Å². The molecule has 0 spiro atoms.